The first kappa shape index (κ1) is 17.8. The van der Waals surface area contributed by atoms with Gasteiger partial charge in [-0.3, -0.25) is 4.79 Å². The van der Waals surface area contributed by atoms with Gasteiger partial charge in [0, 0.05) is 24.1 Å². The minimum absolute atomic E-state index is 0.305. The second kappa shape index (κ2) is 7.45. The first-order valence-electron chi connectivity index (χ1n) is 7.65. The van der Waals surface area contributed by atoms with Crippen LogP contribution in [0.15, 0.2) is 40.9 Å². The molecule has 8 heteroatoms. The van der Waals surface area contributed by atoms with E-state index in [9.17, 15) is 4.79 Å². The molecule has 0 bridgehead atoms. The van der Waals surface area contributed by atoms with Crippen LogP contribution in [0.5, 0.6) is 11.5 Å². The highest BCUT2D eigenvalue weighted by Crippen LogP contribution is 2.36. The topological polar surface area (TPSA) is 86.5 Å². The van der Waals surface area contributed by atoms with Crippen LogP contribution in [0, 0.1) is 6.92 Å². The minimum Gasteiger partial charge on any atom is -0.495 e. The molecule has 0 aliphatic carbocycles. The van der Waals surface area contributed by atoms with E-state index in [4.69, 9.17) is 25.6 Å². The summed E-state index contributed by atoms with van der Waals surface area (Å²) in [5.41, 5.74) is 1.66. The van der Waals surface area contributed by atoms with Crippen molar-refractivity contribution in [3.8, 4) is 22.9 Å². The smallest absolute Gasteiger partial charge is 0.255 e. The molecule has 1 amide bonds. The Morgan fingerprint density at radius 3 is 2.38 bits per heavy atom. The van der Waals surface area contributed by atoms with E-state index in [1.807, 2.05) is 0 Å². The van der Waals surface area contributed by atoms with Crippen LogP contribution in [0.3, 0.4) is 0 Å². The zero-order valence-electron chi connectivity index (χ0n) is 14.4. The summed E-state index contributed by atoms with van der Waals surface area (Å²) in [7, 11) is 3.01. The first-order valence-corrected chi connectivity index (χ1v) is 8.03. The molecule has 134 valence electrons. The van der Waals surface area contributed by atoms with E-state index in [2.05, 4.69) is 15.5 Å². The van der Waals surface area contributed by atoms with Gasteiger partial charge in [-0.2, -0.15) is 4.98 Å². The maximum Gasteiger partial charge on any atom is 0.255 e. The molecule has 7 nitrogen and oxygen atoms in total. The van der Waals surface area contributed by atoms with Crippen molar-refractivity contribution in [2.75, 3.05) is 19.5 Å². The molecule has 26 heavy (non-hydrogen) atoms. The fourth-order valence-corrected chi connectivity index (χ4v) is 2.58. The van der Waals surface area contributed by atoms with Crippen LogP contribution in [0.1, 0.15) is 16.2 Å². The Morgan fingerprint density at radius 1 is 1.12 bits per heavy atom. The highest BCUT2D eigenvalue weighted by atomic mass is 35.5. The third-order valence-corrected chi connectivity index (χ3v) is 3.95. The fourth-order valence-electron chi connectivity index (χ4n) is 2.34. The molecule has 1 heterocycles. The van der Waals surface area contributed by atoms with Crippen LogP contribution in [0.2, 0.25) is 5.02 Å². The SMILES string of the molecule is COc1cc(OC)c(NC(=O)c2ccc(-c3noc(C)n3)cc2)cc1Cl. The standard InChI is InChI=1S/C18H16ClN3O4/c1-10-20-17(22-26-10)11-4-6-12(7-5-11)18(23)21-14-8-13(19)15(24-2)9-16(14)25-3/h4-9H,1-3H3,(H,21,23). The van der Waals surface area contributed by atoms with E-state index in [1.54, 1.807) is 43.3 Å². The summed E-state index contributed by atoms with van der Waals surface area (Å²) in [4.78, 5) is 16.7. The molecule has 3 aromatic rings. The van der Waals surface area contributed by atoms with E-state index >= 15 is 0 Å². The maximum absolute atomic E-state index is 12.5. The summed E-state index contributed by atoms with van der Waals surface area (Å²) in [6.45, 7) is 1.71. The van der Waals surface area contributed by atoms with E-state index in [0.29, 0.717) is 39.5 Å². The van der Waals surface area contributed by atoms with Crippen LogP contribution >= 0.6 is 11.6 Å². The number of carbonyl (C=O) groups is 1. The van der Waals surface area contributed by atoms with Crippen molar-refractivity contribution < 1.29 is 18.8 Å². The number of nitrogens with one attached hydrogen (secondary N) is 1. The van der Waals surface area contributed by atoms with E-state index in [0.717, 1.165) is 5.56 Å². The Bertz CT molecular complexity index is 938. The lowest BCUT2D eigenvalue weighted by Crippen LogP contribution is -2.12. The Kier molecular flexibility index (Phi) is 5.09. The molecule has 0 saturated carbocycles. The van der Waals surface area contributed by atoms with Crippen molar-refractivity contribution >= 4 is 23.2 Å². The number of rotatable bonds is 5. The van der Waals surface area contributed by atoms with Crippen molar-refractivity contribution in [2.24, 2.45) is 0 Å². The van der Waals surface area contributed by atoms with Crippen LogP contribution < -0.4 is 14.8 Å². The molecule has 0 spiro atoms. The number of hydrogen-bond donors (Lipinski definition) is 1. The number of carbonyl (C=O) groups excluding carboxylic acids is 1. The number of benzene rings is 2. The number of aromatic nitrogens is 2. The van der Waals surface area contributed by atoms with Gasteiger partial charge in [0.05, 0.1) is 24.9 Å². The van der Waals surface area contributed by atoms with Crippen LogP contribution in [0.25, 0.3) is 11.4 Å². The van der Waals surface area contributed by atoms with Crippen molar-refractivity contribution in [1.82, 2.24) is 10.1 Å². The zero-order chi connectivity index (χ0) is 18.7. The molecule has 0 aliphatic rings. The monoisotopic (exact) mass is 373 g/mol. The molecule has 0 fully saturated rings. The van der Waals surface area contributed by atoms with Gasteiger partial charge in [-0.25, -0.2) is 0 Å². The molecule has 0 radical (unpaired) electrons. The van der Waals surface area contributed by atoms with Gasteiger partial charge in [0.25, 0.3) is 5.91 Å². The summed E-state index contributed by atoms with van der Waals surface area (Å²) in [6, 6.07) is 10.0. The van der Waals surface area contributed by atoms with Gasteiger partial charge in [0.1, 0.15) is 11.5 Å². The minimum atomic E-state index is -0.305. The fraction of sp³-hybridized carbons (Fsp3) is 0.167. The number of ether oxygens (including phenoxy) is 2. The summed E-state index contributed by atoms with van der Waals surface area (Å²) in [5, 5.41) is 6.99. The molecule has 0 unspecified atom stereocenters. The molecule has 0 atom stereocenters. The summed E-state index contributed by atoms with van der Waals surface area (Å²) >= 11 is 6.12. The highest BCUT2D eigenvalue weighted by Gasteiger charge is 2.14. The van der Waals surface area contributed by atoms with E-state index in [1.165, 1.54) is 14.2 Å². The average molecular weight is 374 g/mol. The predicted molar refractivity (Wildman–Crippen MR) is 97.0 cm³/mol. The summed E-state index contributed by atoms with van der Waals surface area (Å²) in [6.07, 6.45) is 0. The number of halogens is 1. The molecule has 3 rings (SSSR count). The summed E-state index contributed by atoms with van der Waals surface area (Å²) in [5.74, 6) is 1.54. The maximum atomic E-state index is 12.5. The predicted octanol–water partition coefficient (Wildman–Crippen LogP) is 3.97. The van der Waals surface area contributed by atoms with Crippen molar-refractivity contribution in [1.29, 1.82) is 0 Å². The largest absolute Gasteiger partial charge is 0.495 e. The molecule has 1 N–H and O–H groups in total. The Balaban J connectivity index is 1.81. The highest BCUT2D eigenvalue weighted by molar-refractivity contribution is 6.32. The normalized spacial score (nSPS) is 10.5. The molecule has 2 aromatic carbocycles. The second-order valence-electron chi connectivity index (χ2n) is 5.36. The quantitative estimate of drug-likeness (QED) is 0.728. The summed E-state index contributed by atoms with van der Waals surface area (Å²) < 4.78 is 15.4. The second-order valence-corrected chi connectivity index (χ2v) is 5.76. The molecule has 0 aliphatic heterocycles. The molecular weight excluding hydrogens is 358 g/mol. The molecule has 0 saturated heterocycles. The number of aryl methyl sites for hydroxylation is 1. The van der Waals surface area contributed by atoms with Crippen LogP contribution in [-0.4, -0.2) is 30.3 Å². The number of anilines is 1. The number of methoxy groups -OCH3 is 2. The van der Waals surface area contributed by atoms with Crippen LogP contribution in [0.4, 0.5) is 5.69 Å². The Hall–Kier alpha value is -3.06. The number of nitrogens with zero attached hydrogens (tertiary/aromatic N) is 2. The first-order chi connectivity index (χ1) is 12.5. The van der Waals surface area contributed by atoms with Gasteiger partial charge in [-0.05, 0) is 18.2 Å². The average Bonchev–Trinajstić information content (AvgIpc) is 3.08. The van der Waals surface area contributed by atoms with Gasteiger partial charge in [-0.1, -0.05) is 28.9 Å². The molecular formula is C18H16ClN3O4. The lowest BCUT2D eigenvalue weighted by atomic mass is 10.1. The third kappa shape index (κ3) is 3.62. The van der Waals surface area contributed by atoms with E-state index < -0.39 is 0 Å². The Morgan fingerprint density at radius 2 is 1.81 bits per heavy atom. The van der Waals surface area contributed by atoms with Crippen molar-refractivity contribution in [3.63, 3.8) is 0 Å². The van der Waals surface area contributed by atoms with E-state index in [-0.39, 0.29) is 5.91 Å². The van der Waals surface area contributed by atoms with Gasteiger partial charge in [-0.15, -0.1) is 0 Å². The molecule has 1 aromatic heterocycles. The Labute approximate surface area is 154 Å². The van der Waals surface area contributed by atoms with Crippen LogP contribution in [-0.2, 0) is 0 Å². The zero-order valence-corrected chi connectivity index (χ0v) is 15.1. The van der Waals surface area contributed by atoms with Gasteiger partial charge in [0.2, 0.25) is 11.7 Å². The van der Waals surface area contributed by atoms with Gasteiger partial charge < -0.3 is 19.3 Å². The lowest BCUT2D eigenvalue weighted by molar-refractivity contribution is 0.102. The van der Waals surface area contributed by atoms with Gasteiger partial charge in [0.15, 0.2) is 0 Å². The van der Waals surface area contributed by atoms with Crippen molar-refractivity contribution in [3.05, 3.63) is 52.9 Å². The lowest BCUT2D eigenvalue weighted by Gasteiger charge is -2.13. The number of amides is 1. The third-order valence-electron chi connectivity index (χ3n) is 3.65. The number of hydrogen-bond acceptors (Lipinski definition) is 6. The van der Waals surface area contributed by atoms with Crippen molar-refractivity contribution in [2.45, 2.75) is 6.92 Å². The van der Waals surface area contributed by atoms with Gasteiger partial charge >= 0.3 is 0 Å².